The van der Waals surface area contributed by atoms with Crippen LogP contribution >= 0.6 is 0 Å². The van der Waals surface area contributed by atoms with E-state index in [-0.39, 0.29) is 30.3 Å². The third-order valence-corrected chi connectivity index (χ3v) is 8.39. The number of nitrogens with one attached hydrogen (secondary N) is 1. The van der Waals surface area contributed by atoms with Gasteiger partial charge < -0.3 is 16.2 Å². The van der Waals surface area contributed by atoms with Crippen molar-refractivity contribution in [2.24, 2.45) is 23.0 Å². The molecule has 0 bridgehead atoms. The quantitative estimate of drug-likeness (QED) is 0.376. The lowest BCUT2D eigenvalue weighted by molar-refractivity contribution is -0.138. The van der Waals surface area contributed by atoms with E-state index in [1.165, 1.54) is 16.4 Å². The Hall–Kier alpha value is -2.75. The van der Waals surface area contributed by atoms with E-state index in [9.17, 15) is 23.1 Å². The molecule has 8 nitrogen and oxygen atoms in total. The second-order valence-corrected chi connectivity index (χ2v) is 12.1. The molecule has 0 aromatic heterocycles. The fourth-order valence-electron chi connectivity index (χ4n) is 3.76. The van der Waals surface area contributed by atoms with E-state index in [1.807, 2.05) is 44.2 Å². The highest BCUT2D eigenvalue weighted by Crippen LogP contribution is 2.27. The summed E-state index contributed by atoms with van der Waals surface area (Å²) >= 11 is 0. The highest BCUT2D eigenvalue weighted by atomic mass is 32.2. The van der Waals surface area contributed by atoms with Crippen molar-refractivity contribution in [3.8, 4) is 0 Å². The maximum atomic E-state index is 13.4. The van der Waals surface area contributed by atoms with Gasteiger partial charge in [-0.25, -0.2) is 8.42 Å². The normalized spacial score (nSPS) is 14.9. The summed E-state index contributed by atoms with van der Waals surface area (Å²) in [5, 5.41) is 14.2. The number of sulfonamides is 1. The Morgan fingerprint density at radius 2 is 1.50 bits per heavy atom. The third-order valence-electron chi connectivity index (χ3n) is 6.54. The molecule has 0 radical (unpaired) electrons. The lowest BCUT2D eigenvalue weighted by atomic mass is 9.78. The zero-order valence-electron chi connectivity index (χ0n) is 21.7. The molecule has 9 heteroatoms. The molecule has 2 amide bonds. The average Bonchev–Trinajstić information content (AvgIpc) is 2.83. The van der Waals surface area contributed by atoms with Crippen LogP contribution in [0, 0.1) is 17.3 Å². The van der Waals surface area contributed by atoms with Crippen LogP contribution in [-0.4, -0.2) is 54.9 Å². The van der Waals surface area contributed by atoms with Gasteiger partial charge in [0.25, 0.3) is 0 Å². The van der Waals surface area contributed by atoms with Gasteiger partial charge in [-0.15, -0.1) is 0 Å². The van der Waals surface area contributed by atoms with Crippen molar-refractivity contribution in [3.63, 3.8) is 0 Å². The Morgan fingerprint density at radius 1 is 0.972 bits per heavy atom. The molecule has 3 unspecified atom stereocenters. The second-order valence-electron chi connectivity index (χ2n) is 10.2. The van der Waals surface area contributed by atoms with E-state index in [0.29, 0.717) is 0 Å². The summed E-state index contributed by atoms with van der Waals surface area (Å²) in [5.41, 5.74) is 5.26. The topological polar surface area (TPSA) is 130 Å². The van der Waals surface area contributed by atoms with Crippen LogP contribution in [-0.2, 0) is 26.0 Å². The van der Waals surface area contributed by atoms with Crippen LogP contribution in [0.5, 0.6) is 0 Å². The van der Waals surface area contributed by atoms with Gasteiger partial charge in [-0.05, 0) is 30.0 Å². The number of benzene rings is 2. The van der Waals surface area contributed by atoms with Gasteiger partial charge in [0.05, 0.1) is 22.5 Å². The fraction of sp³-hybridized carbons (Fsp3) is 0.481. The average molecular weight is 518 g/mol. The highest BCUT2D eigenvalue weighted by molar-refractivity contribution is 7.89. The van der Waals surface area contributed by atoms with Crippen LogP contribution in [0.2, 0.25) is 0 Å². The lowest BCUT2D eigenvalue weighted by Crippen LogP contribution is -2.54. The molecule has 0 saturated heterocycles. The number of hydrogen-bond acceptors (Lipinski definition) is 5. The van der Waals surface area contributed by atoms with Crippen molar-refractivity contribution in [1.82, 2.24) is 9.62 Å². The van der Waals surface area contributed by atoms with Gasteiger partial charge in [0.2, 0.25) is 21.8 Å². The molecule has 0 aliphatic heterocycles. The number of hydrogen-bond donors (Lipinski definition) is 3. The minimum Gasteiger partial charge on any atom is -0.390 e. The Labute approximate surface area is 214 Å². The number of nitrogens with zero attached hydrogens (tertiary/aromatic N) is 1. The van der Waals surface area contributed by atoms with Gasteiger partial charge in [-0.3, -0.25) is 9.59 Å². The first-order chi connectivity index (χ1) is 16.8. The Morgan fingerprint density at radius 3 is 2.00 bits per heavy atom. The molecule has 0 aliphatic rings. The molecule has 0 spiro atoms. The largest absolute Gasteiger partial charge is 0.390 e. The maximum absolute atomic E-state index is 13.4. The zero-order valence-corrected chi connectivity index (χ0v) is 22.5. The first kappa shape index (κ1) is 29.5. The molecule has 36 heavy (non-hydrogen) atoms. The van der Waals surface area contributed by atoms with Crippen LogP contribution in [0.3, 0.4) is 0 Å². The molecule has 0 heterocycles. The predicted octanol–water partition coefficient (Wildman–Crippen LogP) is 2.57. The summed E-state index contributed by atoms with van der Waals surface area (Å²) in [7, 11) is -3.88. The van der Waals surface area contributed by atoms with Crippen LogP contribution in [0.4, 0.5) is 0 Å². The van der Waals surface area contributed by atoms with E-state index < -0.39 is 45.3 Å². The Balaban J connectivity index is 2.35. The number of aliphatic hydroxyl groups excluding tert-OH is 1. The van der Waals surface area contributed by atoms with Crippen molar-refractivity contribution in [1.29, 1.82) is 0 Å². The fourth-order valence-corrected chi connectivity index (χ4v) is 5.40. The minimum atomic E-state index is -3.88. The highest BCUT2D eigenvalue weighted by Gasteiger charge is 2.38. The first-order valence-electron chi connectivity index (χ1n) is 12.1. The van der Waals surface area contributed by atoms with E-state index >= 15 is 0 Å². The van der Waals surface area contributed by atoms with Crippen LogP contribution < -0.4 is 11.1 Å². The second kappa shape index (κ2) is 12.5. The van der Waals surface area contributed by atoms with Crippen LogP contribution in [0.25, 0.3) is 0 Å². The zero-order chi connectivity index (χ0) is 27.1. The number of aliphatic hydroxyl groups is 1. The summed E-state index contributed by atoms with van der Waals surface area (Å²) < 4.78 is 28.1. The van der Waals surface area contributed by atoms with E-state index in [1.54, 1.807) is 39.0 Å². The summed E-state index contributed by atoms with van der Waals surface area (Å²) in [6, 6.07) is 16.6. The van der Waals surface area contributed by atoms with Crippen molar-refractivity contribution in [2.75, 3.05) is 13.1 Å². The molecule has 0 aliphatic carbocycles. The molecule has 4 N–H and O–H groups in total. The maximum Gasteiger partial charge on any atom is 0.243 e. The number of primary amides is 1. The molecule has 2 aromatic carbocycles. The number of amides is 2. The first-order valence-corrected chi connectivity index (χ1v) is 13.6. The molecular formula is C27H39N3O5S. The van der Waals surface area contributed by atoms with Gasteiger partial charge in [0, 0.05) is 19.0 Å². The predicted molar refractivity (Wildman–Crippen MR) is 140 cm³/mol. The molecule has 2 rings (SSSR count). The van der Waals surface area contributed by atoms with Gasteiger partial charge in [0.1, 0.15) is 0 Å². The van der Waals surface area contributed by atoms with Gasteiger partial charge in [-0.2, -0.15) is 4.31 Å². The van der Waals surface area contributed by atoms with Gasteiger partial charge >= 0.3 is 0 Å². The lowest BCUT2D eigenvalue weighted by Gasteiger charge is -2.33. The van der Waals surface area contributed by atoms with Crippen molar-refractivity contribution in [2.45, 2.75) is 58.1 Å². The standard InChI is InChI=1S/C27H39N3O5S/c1-19(2)17-30(36(34,35)22-14-10-7-11-15-22)18-24(31)23(16-21-12-8-6-9-13-21)29-25(32)20(3)27(4,5)26(28)33/h6-15,19-20,23-24,31H,16-18H2,1-5H3,(H2,28,33)(H,29,32). The Bertz CT molecular complexity index is 1100. The molecular weight excluding hydrogens is 478 g/mol. The molecule has 3 atom stereocenters. The smallest absolute Gasteiger partial charge is 0.243 e. The van der Waals surface area contributed by atoms with Crippen molar-refractivity contribution < 1.29 is 23.1 Å². The van der Waals surface area contributed by atoms with Crippen LogP contribution in [0.15, 0.2) is 65.6 Å². The molecule has 0 fully saturated rings. The molecule has 2 aromatic rings. The SMILES string of the molecule is CC(C)CN(CC(O)C(Cc1ccccc1)NC(=O)C(C)C(C)(C)C(N)=O)S(=O)(=O)c1ccccc1. The van der Waals surface area contributed by atoms with Crippen molar-refractivity contribution in [3.05, 3.63) is 66.2 Å². The minimum absolute atomic E-state index is 0.00856. The number of nitrogens with two attached hydrogens (primary N) is 1. The van der Waals surface area contributed by atoms with E-state index in [0.717, 1.165) is 5.56 Å². The van der Waals surface area contributed by atoms with Gasteiger partial charge in [0.15, 0.2) is 0 Å². The summed E-state index contributed by atoms with van der Waals surface area (Å²) in [4.78, 5) is 25.1. The molecule has 0 saturated carbocycles. The van der Waals surface area contributed by atoms with Gasteiger partial charge in [-0.1, -0.05) is 83.1 Å². The summed E-state index contributed by atoms with van der Waals surface area (Å²) in [6.07, 6.45) is -0.937. The third kappa shape index (κ3) is 7.62. The number of rotatable bonds is 13. The van der Waals surface area contributed by atoms with Crippen LogP contribution in [0.1, 0.15) is 40.2 Å². The number of carbonyl (C=O) groups excluding carboxylic acids is 2. The number of carbonyl (C=O) groups is 2. The molecule has 198 valence electrons. The summed E-state index contributed by atoms with van der Waals surface area (Å²) in [5.74, 6) is -1.81. The van der Waals surface area contributed by atoms with E-state index in [4.69, 9.17) is 5.73 Å². The Kier molecular flexibility index (Phi) is 10.2. The monoisotopic (exact) mass is 517 g/mol. The summed E-state index contributed by atoms with van der Waals surface area (Å²) in [6.45, 7) is 8.59. The van der Waals surface area contributed by atoms with E-state index in [2.05, 4.69) is 5.32 Å². The van der Waals surface area contributed by atoms with Crippen molar-refractivity contribution >= 4 is 21.8 Å².